The maximum atomic E-state index is 12.1. The third-order valence-corrected chi connectivity index (χ3v) is 5.43. The van der Waals surface area contributed by atoms with E-state index in [2.05, 4.69) is 25.6 Å². The van der Waals surface area contributed by atoms with Crippen molar-refractivity contribution in [2.45, 2.75) is 18.4 Å². The van der Waals surface area contributed by atoms with E-state index in [9.17, 15) is 8.42 Å². The molecule has 0 fully saturated rings. The van der Waals surface area contributed by atoms with Crippen LogP contribution in [0.4, 0.5) is 5.69 Å². The normalized spacial score (nSPS) is 11.7. The molecule has 0 amide bonds. The number of hydrogen-bond acceptors (Lipinski definition) is 5. The zero-order valence-electron chi connectivity index (χ0n) is 10.1. The fourth-order valence-electron chi connectivity index (χ4n) is 1.50. The number of sulfonamides is 1. The Labute approximate surface area is 124 Å². The van der Waals surface area contributed by atoms with Gasteiger partial charge in [0.2, 0.25) is 10.0 Å². The molecule has 0 saturated carbocycles. The molecule has 0 atom stereocenters. The summed E-state index contributed by atoms with van der Waals surface area (Å²) in [6.45, 7) is 2.06. The number of rotatable bonds is 4. The van der Waals surface area contributed by atoms with Crippen LogP contribution in [0, 0.1) is 6.92 Å². The van der Waals surface area contributed by atoms with Crippen molar-refractivity contribution in [2.75, 3.05) is 5.73 Å². The van der Waals surface area contributed by atoms with Gasteiger partial charge in [0.05, 0.1) is 16.9 Å². The van der Waals surface area contributed by atoms with E-state index in [1.165, 1.54) is 17.4 Å². The molecule has 8 heteroatoms. The molecule has 0 aliphatic rings. The largest absolute Gasteiger partial charge is 0.398 e. The second-order valence-corrected chi connectivity index (χ2v) is 7.46. The first-order valence-corrected chi connectivity index (χ1v) is 8.49. The van der Waals surface area contributed by atoms with Crippen molar-refractivity contribution in [3.63, 3.8) is 0 Å². The minimum absolute atomic E-state index is 0.0814. The Bertz CT molecular complexity index is 698. The number of hydrogen-bond donors (Lipinski definition) is 2. The molecule has 0 aliphatic carbocycles. The minimum atomic E-state index is -3.62. The highest BCUT2D eigenvalue weighted by molar-refractivity contribution is 9.10. The first kappa shape index (κ1) is 14.4. The molecule has 2 aromatic rings. The van der Waals surface area contributed by atoms with Gasteiger partial charge in [0.1, 0.15) is 4.90 Å². The number of thiazole rings is 1. The summed E-state index contributed by atoms with van der Waals surface area (Å²) < 4.78 is 27.6. The molecule has 0 bridgehead atoms. The Morgan fingerprint density at radius 2 is 2.21 bits per heavy atom. The number of nitrogens with two attached hydrogens (primary N) is 1. The van der Waals surface area contributed by atoms with Gasteiger partial charge < -0.3 is 5.73 Å². The highest BCUT2D eigenvalue weighted by Gasteiger charge is 2.18. The molecule has 0 spiro atoms. The molecule has 0 radical (unpaired) electrons. The average molecular weight is 362 g/mol. The molecule has 0 saturated heterocycles. The number of anilines is 1. The van der Waals surface area contributed by atoms with Gasteiger partial charge in [0.15, 0.2) is 0 Å². The first-order chi connectivity index (χ1) is 8.90. The van der Waals surface area contributed by atoms with Crippen molar-refractivity contribution in [3.8, 4) is 0 Å². The predicted molar refractivity (Wildman–Crippen MR) is 79.4 cm³/mol. The Morgan fingerprint density at radius 1 is 1.47 bits per heavy atom. The summed E-state index contributed by atoms with van der Waals surface area (Å²) in [6.07, 6.45) is 0. The van der Waals surface area contributed by atoms with Gasteiger partial charge in [-0.15, -0.1) is 11.3 Å². The standard InChI is InChI=1S/C11H12BrN3O2S2/c1-7-10(18-6-14-7)5-15-19(16,17)11-3-2-8(12)4-9(11)13/h2-4,6,15H,5,13H2,1H3. The van der Waals surface area contributed by atoms with E-state index in [0.717, 1.165) is 15.0 Å². The maximum absolute atomic E-state index is 12.1. The predicted octanol–water partition coefficient (Wildman–Crippen LogP) is 2.27. The SMILES string of the molecule is Cc1ncsc1CNS(=O)(=O)c1ccc(Br)cc1N. The first-order valence-electron chi connectivity index (χ1n) is 5.34. The smallest absolute Gasteiger partial charge is 0.242 e. The number of nitrogen functional groups attached to an aromatic ring is 1. The maximum Gasteiger partial charge on any atom is 0.242 e. The number of benzene rings is 1. The van der Waals surface area contributed by atoms with E-state index in [1.54, 1.807) is 17.6 Å². The molecule has 1 heterocycles. The summed E-state index contributed by atoms with van der Waals surface area (Å²) in [5.74, 6) is 0. The van der Waals surface area contributed by atoms with Gasteiger partial charge >= 0.3 is 0 Å². The fourth-order valence-corrected chi connectivity index (χ4v) is 3.79. The Morgan fingerprint density at radius 3 is 2.79 bits per heavy atom. The number of nitrogens with one attached hydrogen (secondary N) is 1. The number of aryl methyl sites for hydroxylation is 1. The Hall–Kier alpha value is -0.960. The number of aromatic nitrogens is 1. The Balaban J connectivity index is 2.21. The molecule has 0 aliphatic heterocycles. The van der Waals surface area contributed by atoms with Gasteiger partial charge in [-0.1, -0.05) is 15.9 Å². The molecule has 5 nitrogen and oxygen atoms in total. The van der Waals surface area contributed by atoms with Gasteiger partial charge in [-0.2, -0.15) is 0 Å². The van der Waals surface area contributed by atoms with Crippen LogP contribution in [-0.2, 0) is 16.6 Å². The molecule has 1 aromatic carbocycles. The van der Waals surface area contributed by atoms with Crippen LogP contribution in [0.5, 0.6) is 0 Å². The van der Waals surface area contributed by atoms with E-state index >= 15 is 0 Å². The van der Waals surface area contributed by atoms with Gasteiger partial charge in [0.25, 0.3) is 0 Å². The van der Waals surface area contributed by atoms with Gasteiger partial charge in [-0.05, 0) is 25.1 Å². The summed E-state index contributed by atoms with van der Waals surface area (Å²) in [5, 5.41) is 0. The van der Waals surface area contributed by atoms with Crippen LogP contribution in [0.25, 0.3) is 0 Å². The molecule has 1 aromatic heterocycles. The van der Waals surface area contributed by atoms with Crippen molar-refractivity contribution >= 4 is 43.0 Å². The van der Waals surface area contributed by atoms with Crippen molar-refractivity contribution in [1.82, 2.24) is 9.71 Å². The van der Waals surface area contributed by atoms with Gasteiger partial charge in [0, 0.05) is 15.9 Å². The van der Waals surface area contributed by atoms with Crippen LogP contribution in [0.2, 0.25) is 0 Å². The molecule has 0 unspecified atom stereocenters. The van der Waals surface area contributed by atoms with E-state index < -0.39 is 10.0 Å². The summed E-state index contributed by atoms with van der Waals surface area (Å²) in [6, 6.07) is 4.68. The molecule has 102 valence electrons. The highest BCUT2D eigenvalue weighted by Crippen LogP contribution is 2.23. The van der Waals surface area contributed by atoms with E-state index in [-0.39, 0.29) is 17.1 Å². The van der Waals surface area contributed by atoms with Crippen LogP contribution in [0.15, 0.2) is 33.1 Å². The van der Waals surface area contributed by atoms with Crippen molar-refractivity contribution in [2.24, 2.45) is 0 Å². The molecule has 2 rings (SSSR count). The summed E-state index contributed by atoms with van der Waals surface area (Å²) in [5.41, 5.74) is 8.46. The Kier molecular flexibility index (Phi) is 4.24. The summed E-state index contributed by atoms with van der Waals surface area (Å²) in [7, 11) is -3.62. The molecular formula is C11H12BrN3O2S2. The lowest BCUT2D eigenvalue weighted by atomic mass is 10.3. The van der Waals surface area contributed by atoms with Crippen LogP contribution in [0.1, 0.15) is 10.6 Å². The third kappa shape index (κ3) is 3.33. The van der Waals surface area contributed by atoms with Crippen molar-refractivity contribution in [3.05, 3.63) is 38.8 Å². The lowest BCUT2D eigenvalue weighted by Gasteiger charge is -2.08. The molecular weight excluding hydrogens is 350 g/mol. The molecule has 3 N–H and O–H groups in total. The van der Waals surface area contributed by atoms with Crippen LogP contribution in [0.3, 0.4) is 0 Å². The second kappa shape index (κ2) is 5.58. The van der Waals surface area contributed by atoms with E-state index in [1.807, 2.05) is 6.92 Å². The van der Waals surface area contributed by atoms with E-state index in [0.29, 0.717) is 0 Å². The lowest BCUT2D eigenvalue weighted by molar-refractivity contribution is 0.582. The number of halogens is 1. The van der Waals surface area contributed by atoms with Crippen LogP contribution in [-0.4, -0.2) is 13.4 Å². The van der Waals surface area contributed by atoms with Crippen LogP contribution < -0.4 is 10.5 Å². The minimum Gasteiger partial charge on any atom is -0.398 e. The fraction of sp³-hybridized carbons (Fsp3) is 0.182. The van der Waals surface area contributed by atoms with Gasteiger partial charge in [-0.25, -0.2) is 18.1 Å². The average Bonchev–Trinajstić information content (AvgIpc) is 2.72. The molecule has 19 heavy (non-hydrogen) atoms. The second-order valence-electron chi connectivity index (χ2n) is 3.87. The zero-order chi connectivity index (χ0) is 14.0. The van der Waals surface area contributed by atoms with Crippen molar-refractivity contribution in [1.29, 1.82) is 0 Å². The van der Waals surface area contributed by atoms with E-state index in [4.69, 9.17) is 5.73 Å². The third-order valence-electron chi connectivity index (χ3n) is 2.53. The van der Waals surface area contributed by atoms with Crippen LogP contribution >= 0.6 is 27.3 Å². The lowest BCUT2D eigenvalue weighted by Crippen LogP contribution is -2.24. The zero-order valence-corrected chi connectivity index (χ0v) is 13.3. The van der Waals surface area contributed by atoms with Gasteiger partial charge in [-0.3, -0.25) is 0 Å². The summed E-state index contributed by atoms with van der Waals surface area (Å²) in [4.78, 5) is 5.04. The highest BCUT2D eigenvalue weighted by atomic mass is 79.9. The topological polar surface area (TPSA) is 85.1 Å². The van der Waals surface area contributed by atoms with Crippen molar-refractivity contribution < 1.29 is 8.42 Å². The monoisotopic (exact) mass is 361 g/mol. The number of nitrogens with zero attached hydrogens (tertiary/aromatic N) is 1. The quantitative estimate of drug-likeness (QED) is 0.818. The summed E-state index contributed by atoms with van der Waals surface area (Å²) >= 11 is 4.66.